The van der Waals surface area contributed by atoms with Gasteiger partial charge in [-0.2, -0.15) is 0 Å². The monoisotopic (exact) mass is 280 g/mol. The zero-order valence-corrected chi connectivity index (χ0v) is 11.1. The van der Waals surface area contributed by atoms with Crippen molar-refractivity contribution >= 4 is 28.7 Å². The van der Waals surface area contributed by atoms with E-state index in [1.54, 1.807) is 11.3 Å². The average molecular weight is 280 g/mol. The lowest BCUT2D eigenvalue weighted by Gasteiger charge is -2.09. The van der Waals surface area contributed by atoms with Crippen molar-refractivity contribution in [2.24, 2.45) is 0 Å². The summed E-state index contributed by atoms with van der Waals surface area (Å²) in [6, 6.07) is 6.16. The van der Waals surface area contributed by atoms with Gasteiger partial charge in [0.1, 0.15) is 5.82 Å². The summed E-state index contributed by atoms with van der Waals surface area (Å²) in [6.45, 7) is 2.43. The standard InChI is InChI=1S/C13H13FN2O2S/c1-7-2-3-8(19-7)6-16-12-4-9(13(17)18)11(15)5-10(12)14/h2-5,16H,6,15H2,1H3,(H,17,18). The molecule has 0 spiro atoms. The number of nitrogens with one attached hydrogen (secondary N) is 1. The third-order valence-corrected chi connectivity index (χ3v) is 3.62. The molecule has 0 radical (unpaired) electrons. The smallest absolute Gasteiger partial charge is 0.337 e. The average Bonchev–Trinajstić information content (AvgIpc) is 2.73. The second-order valence-corrected chi connectivity index (χ2v) is 5.46. The van der Waals surface area contributed by atoms with E-state index in [1.807, 2.05) is 19.1 Å². The van der Waals surface area contributed by atoms with Gasteiger partial charge in [-0.25, -0.2) is 9.18 Å². The molecule has 2 aromatic rings. The predicted octanol–water partition coefficient (Wildman–Crippen LogP) is 3.09. The molecule has 2 rings (SSSR count). The number of halogens is 1. The number of carbonyl (C=O) groups is 1. The maximum atomic E-state index is 13.7. The van der Waals surface area contributed by atoms with Crippen molar-refractivity contribution in [2.45, 2.75) is 13.5 Å². The summed E-state index contributed by atoms with van der Waals surface area (Å²) in [5.74, 6) is -1.73. The molecular formula is C13H13FN2O2S. The van der Waals surface area contributed by atoms with Gasteiger partial charge in [0.15, 0.2) is 0 Å². The van der Waals surface area contributed by atoms with Crippen molar-refractivity contribution in [1.29, 1.82) is 0 Å². The van der Waals surface area contributed by atoms with Crippen LogP contribution in [0.5, 0.6) is 0 Å². The van der Waals surface area contributed by atoms with Gasteiger partial charge in [0, 0.05) is 22.0 Å². The minimum Gasteiger partial charge on any atom is -0.478 e. The van der Waals surface area contributed by atoms with Crippen LogP contribution in [0.2, 0.25) is 0 Å². The second-order valence-electron chi connectivity index (χ2n) is 4.09. The largest absolute Gasteiger partial charge is 0.478 e. The van der Waals surface area contributed by atoms with Crippen LogP contribution < -0.4 is 11.1 Å². The zero-order valence-electron chi connectivity index (χ0n) is 10.2. The number of anilines is 2. The molecule has 0 aliphatic heterocycles. The van der Waals surface area contributed by atoms with Crippen molar-refractivity contribution < 1.29 is 14.3 Å². The van der Waals surface area contributed by atoms with Crippen molar-refractivity contribution in [3.05, 3.63) is 45.4 Å². The number of hydrogen-bond donors (Lipinski definition) is 3. The fourth-order valence-corrected chi connectivity index (χ4v) is 2.50. The molecule has 6 heteroatoms. The number of nitrogen functional groups attached to an aromatic ring is 1. The third kappa shape index (κ3) is 3.03. The first-order valence-corrected chi connectivity index (χ1v) is 6.40. The number of thiophene rings is 1. The molecular weight excluding hydrogens is 267 g/mol. The van der Waals surface area contributed by atoms with Crippen LogP contribution in [0.15, 0.2) is 24.3 Å². The summed E-state index contributed by atoms with van der Waals surface area (Å²) in [7, 11) is 0. The summed E-state index contributed by atoms with van der Waals surface area (Å²) in [4.78, 5) is 13.1. The number of aromatic carboxylic acids is 1. The van der Waals surface area contributed by atoms with E-state index < -0.39 is 11.8 Å². The number of hydrogen-bond acceptors (Lipinski definition) is 4. The van der Waals surface area contributed by atoms with Crippen molar-refractivity contribution in [3.8, 4) is 0 Å². The van der Waals surface area contributed by atoms with Crippen LogP contribution in [-0.2, 0) is 6.54 Å². The predicted molar refractivity (Wildman–Crippen MR) is 74.2 cm³/mol. The minimum atomic E-state index is -1.17. The van der Waals surface area contributed by atoms with Crippen molar-refractivity contribution in [2.75, 3.05) is 11.1 Å². The van der Waals surface area contributed by atoms with Gasteiger partial charge < -0.3 is 16.2 Å². The number of carboxylic acid groups (broad SMARTS) is 1. The Labute approximate surface area is 113 Å². The number of rotatable bonds is 4. The molecule has 0 fully saturated rings. The lowest BCUT2D eigenvalue weighted by molar-refractivity contribution is 0.0698. The van der Waals surface area contributed by atoms with Gasteiger partial charge in [-0.05, 0) is 31.2 Å². The molecule has 4 nitrogen and oxygen atoms in total. The van der Waals surface area contributed by atoms with Gasteiger partial charge in [-0.15, -0.1) is 11.3 Å². The Kier molecular flexibility index (Phi) is 3.71. The normalized spacial score (nSPS) is 10.4. The van der Waals surface area contributed by atoms with Crippen LogP contribution in [0, 0.1) is 12.7 Å². The maximum absolute atomic E-state index is 13.7. The van der Waals surface area contributed by atoms with Crippen LogP contribution in [0.4, 0.5) is 15.8 Å². The molecule has 0 saturated carbocycles. The Bertz CT molecular complexity index is 625. The Morgan fingerprint density at radius 2 is 2.21 bits per heavy atom. The maximum Gasteiger partial charge on any atom is 0.337 e. The van der Waals surface area contributed by atoms with E-state index >= 15 is 0 Å². The summed E-state index contributed by atoms with van der Waals surface area (Å²) in [6.07, 6.45) is 0. The van der Waals surface area contributed by atoms with Crippen LogP contribution in [-0.4, -0.2) is 11.1 Å². The SMILES string of the molecule is Cc1ccc(CNc2cc(C(=O)O)c(N)cc2F)s1. The quantitative estimate of drug-likeness (QED) is 0.752. The van der Waals surface area contributed by atoms with E-state index in [0.29, 0.717) is 6.54 Å². The van der Waals surface area contributed by atoms with Crippen LogP contribution >= 0.6 is 11.3 Å². The lowest BCUT2D eigenvalue weighted by Crippen LogP contribution is -2.07. The van der Waals surface area contributed by atoms with Gasteiger partial charge in [0.2, 0.25) is 0 Å². The summed E-state index contributed by atoms with van der Waals surface area (Å²) in [5.41, 5.74) is 5.41. The van der Waals surface area contributed by atoms with Crippen molar-refractivity contribution in [1.82, 2.24) is 0 Å². The first-order valence-electron chi connectivity index (χ1n) is 5.59. The van der Waals surface area contributed by atoms with Gasteiger partial charge >= 0.3 is 5.97 Å². The Hall–Kier alpha value is -2.08. The highest BCUT2D eigenvalue weighted by atomic mass is 32.1. The molecule has 1 heterocycles. The van der Waals surface area contributed by atoms with Gasteiger partial charge in [-0.3, -0.25) is 0 Å². The number of aryl methyl sites for hydroxylation is 1. The minimum absolute atomic E-state index is 0.0810. The molecule has 0 amide bonds. The van der Waals surface area contributed by atoms with E-state index in [4.69, 9.17) is 10.8 Å². The first-order chi connectivity index (χ1) is 8.97. The molecule has 1 aromatic heterocycles. The Balaban J connectivity index is 2.20. The topological polar surface area (TPSA) is 75.3 Å². The van der Waals surface area contributed by atoms with Gasteiger partial charge in [0.25, 0.3) is 0 Å². The van der Waals surface area contributed by atoms with Crippen LogP contribution in [0.1, 0.15) is 20.1 Å². The van der Waals surface area contributed by atoms with E-state index in [9.17, 15) is 9.18 Å². The number of benzene rings is 1. The highest BCUT2D eigenvalue weighted by Gasteiger charge is 2.13. The second kappa shape index (κ2) is 5.27. The van der Waals surface area contributed by atoms with E-state index in [0.717, 1.165) is 10.9 Å². The number of carboxylic acids is 1. The first kappa shape index (κ1) is 13.4. The Morgan fingerprint density at radius 1 is 1.47 bits per heavy atom. The highest BCUT2D eigenvalue weighted by Crippen LogP contribution is 2.24. The molecule has 0 aliphatic carbocycles. The molecule has 19 heavy (non-hydrogen) atoms. The van der Waals surface area contributed by atoms with Crippen molar-refractivity contribution in [3.63, 3.8) is 0 Å². The zero-order chi connectivity index (χ0) is 14.0. The Morgan fingerprint density at radius 3 is 2.79 bits per heavy atom. The molecule has 0 aliphatic rings. The molecule has 0 bridgehead atoms. The molecule has 100 valence electrons. The number of nitrogens with two attached hydrogens (primary N) is 1. The molecule has 1 aromatic carbocycles. The fourth-order valence-electron chi connectivity index (χ4n) is 1.67. The van der Waals surface area contributed by atoms with Gasteiger partial charge in [-0.1, -0.05) is 0 Å². The molecule has 0 atom stereocenters. The lowest BCUT2D eigenvalue weighted by atomic mass is 10.1. The highest BCUT2D eigenvalue weighted by molar-refractivity contribution is 7.11. The van der Waals surface area contributed by atoms with Crippen LogP contribution in [0.3, 0.4) is 0 Å². The molecule has 0 unspecified atom stereocenters. The third-order valence-electron chi connectivity index (χ3n) is 2.62. The fraction of sp³-hybridized carbons (Fsp3) is 0.154. The van der Waals surface area contributed by atoms with E-state index in [2.05, 4.69) is 5.32 Å². The van der Waals surface area contributed by atoms with E-state index in [-0.39, 0.29) is 16.9 Å². The molecule has 0 saturated heterocycles. The van der Waals surface area contributed by atoms with Gasteiger partial charge in [0.05, 0.1) is 11.3 Å². The van der Waals surface area contributed by atoms with E-state index in [1.165, 1.54) is 10.9 Å². The summed E-state index contributed by atoms with van der Waals surface area (Å²) >= 11 is 1.60. The molecule has 4 N–H and O–H groups in total. The summed E-state index contributed by atoms with van der Waals surface area (Å²) in [5, 5.41) is 11.8. The van der Waals surface area contributed by atoms with Crippen LogP contribution in [0.25, 0.3) is 0 Å². The summed E-state index contributed by atoms with van der Waals surface area (Å²) < 4.78 is 13.7.